The molecule has 0 aliphatic heterocycles. The van der Waals surface area contributed by atoms with Crippen molar-refractivity contribution in [1.82, 2.24) is 14.5 Å². The van der Waals surface area contributed by atoms with E-state index in [0.29, 0.717) is 0 Å². The molecule has 0 saturated heterocycles. The van der Waals surface area contributed by atoms with Gasteiger partial charge in [-0.3, -0.25) is 4.57 Å². The summed E-state index contributed by atoms with van der Waals surface area (Å²) in [5.41, 5.74) is 0. The van der Waals surface area contributed by atoms with Crippen LogP contribution in [-0.4, -0.2) is 56.2 Å². The molecule has 0 radical (unpaired) electrons. The number of carboxylic acid groups (broad SMARTS) is 2. The topological polar surface area (TPSA) is 113 Å². The Kier molecular flexibility index (Phi) is 6.79. The molecule has 1 aromatic rings. The van der Waals surface area contributed by atoms with Crippen LogP contribution in [0.3, 0.4) is 0 Å². The van der Waals surface area contributed by atoms with Crippen LogP contribution in [-0.2, 0) is 9.59 Å². The number of nitrogens with zero attached hydrogens (tertiary/aromatic N) is 3. The van der Waals surface area contributed by atoms with Crippen molar-refractivity contribution >= 4 is 18.0 Å². The molecule has 0 unspecified atom stereocenters. The molecule has 0 fully saturated rings. The molecule has 0 bridgehead atoms. The summed E-state index contributed by atoms with van der Waals surface area (Å²) in [5, 5.41) is 14.8. The fourth-order valence-corrected chi connectivity index (χ4v) is 1.00. The highest BCUT2D eigenvalue weighted by atomic mass is 16.4. The number of carbonyl (C=O) groups excluding carboxylic acids is 1. The molecule has 1 aromatic heterocycles. The van der Waals surface area contributed by atoms with Gasteiger partial charge in [-0.25, -0.2) is 19.4 Å². The Morgan fingerprint density at radius 1 is 1.28 bits per heavy atom. The van der Waals surface area contributed by atoms with Crippen molar-refractivity contribution in [2.45, 2.75) is 13.3 Å². The lowest BCUT2D eigenvalue weighted by atomic mass is 10.4. The summed E-state index contributed by atoms with van der Waals surface area (Å²) in [6.07, 6.45) is 5.72. The van der Waals surface area contributed by atoms with Gasteiger partial charge in [0.2, 0.25) is 0 Å². The summed E-state index contributed by atoms with van der Waals surface area (Å²) in [7, 11) is 1.78. The van der Waals surface area contributed by atoms with E-state index in [2.05, 4.69) is 4.98 Å². The molecule has 0 aromatic carbocycles. The van der Waals surface area contributed by atoms with E-state index in [9.17, 15) is 4.79 Å². The monoisotopic (exact) mass is 257 g/mol. The predicted molar refractivity (Wildman–Crippen MR) is 61.2 cm³/mol. The maximum atomic E-state index is 11.4. The zero-order chi connectivity index (χ0) is 14.1. The van der Waals surface area contributed by atoms with Crippen LogP contribution in [0.25, 0.3) is 0 Å². The van der Waals surface area contributed by atoms with Crippen molar-refractivity contribution in [2.75, 3.05) is 13.6 Å². The van der Waals surface area contributed by atoms with Gasteiger partial charge in [0.25, 0.3) is 0 Å². The van der Waals surface area contributed by atoms with Crippen LogP contribution in [0.1, 0.15) is 13.3 Å². The van der Waals surface area contributed by atoms with Crippen LogP contribution in [0, 0.1) is 0 Å². The maximum absolute atomic E-state index is 11.4. The highest BCUT2D eigenvalue weighted by Crippen LogP contribution is 1.94. The smallest absolute Gasteiger partial charge is 0.414 e. The number of hydrogen-bond acceptors (Lipinski definition) is 4. The number of aromatic nitrogens is 2. The van der Waals surface area contributed by atoms with Gasteiger partial charge in [-0.2, -0.15) is 0 Å². The van der Waals surface area contributed by atoms with Gasteiger partial charge >= 0.3 is 18.0 Å². The molecular formula is C10H15N3O5. The molecule has 0 aliphatic carbocycles. The van der Waals surface area contributed by atoms with Gasteiger partial charge in [-0.05, 0) is 6.42 Å². The minimum atomic E-state index is -1.82. The largest absolute Gasteiger partial charge is 0.473 e. The number of aliphatic carboxylic acids is 2. The molecule has 100 valence electrons. The first-order valence-electron chi connectivity index (χ1n) is 5.09. The molecule has 8 nitrogen and oxygen atoms in total. The fourth-order valence-electron chi connectivity index (χ4n) is 1.00. The van der Waals surface area contributed by atoms with Crippen LogP contribution in [0.15, 0.2) is 18.7 Å². The lowest BCUT2D eigenvalue weighted by molar-refractivity contribution is -0.159. The van der Waals surface area contributed by atoms with Crippen LogP contribution in [0.2, 0.25) is 0 Å². The minimum absolute atomic E-state index is 0.0330. The first-order chi connectivity index (χ1) is 8.40. The molecule has 0 aliphatic rings. The van der Waals surface area contributed by atoms with Crippen LogP contribution < -0.4 is 0 Å². The summed E-state index contributed by atoms with van der Waals surface area (Å²) in [6, 6.07) is -0.0330. The van der Waals surface area contributed by atoms with Crippen molar-refractivity contribution in [3.05, 3.63) is 18.7 Å². The Bertz CT molecular complexity index is 390. The average molecular weight is 257 g/mol. The zero-order valence-electron chi connectivity index (χ0n) is 10.1. The minimum Gasteiger partial charge on any atom is -0.473 e. The molecule has 1 heterocycles. The van der Waals surface area contributed by atoms with E-state index in [-0.39, 0.29) is 6.03 Å². The van der Waals surface area contributed by atoms with Gasteiger partial charge in [-0.1, -0.05) is 6.92 Å². The summed E-state index contributed by atoms with van der Waals surface area (Å²) in [4.78, 5) is 35.1. The number of imidazole rings is 1. The van der Waals surface area contributed by atoms with E-state index < -0.39 is 11.9 Å². The lowest BCUT2D eigenvalue weighted by Crippen LogP contribution is -2.30. The highest BCUT2D eigenvalue weighted by molar-refractivity contribution is 6.27. The van der Waals surface area contributed by atoms with Crippen LogP contribution in [0.5, 0.6) is 0 Å². The van der Waals surface area contributed by atoms with E-state index in [4.69, 9.17) is 19.8 Å². The number of carbonyl (C=O) groups is 3. The standard InChI is InChI=1S/C8H13N3O.C2H2O4/c1-3-5-10(2)8(12)11-6-4-9-7-11;3-1(4)2(5)6/h4,6-7H,3,5H2,1-2H3;(H,3,4)(H,5,6). The van der Waals surface area contributed by atoms with Crippen molar-refractivity contribution in [2.24, 2.45) is 0 Å². The quantitative estimate of drug-likeness (QED) is 0.739. The molecule has 1 rings (SSSR count). The number of amides is 1. The van der Waals surface area contributed by atoms with Gasteiger partial charge in [0.15, 0.2) is 0 Å². The summed E-state index contributed by atoms with van der Waals surface area (Å²) in [6.45, 7) is 2.81. The van der Waals surface area contributed by atoms with Gasteiger partial charge < -0.3 is 15.1 Å². The molecule has 0 spiro atoms. The van der Waals surface area contributed by atoms with Gasteiger partial charge in [-0.15, -0.1) is 0 Å². The SMILES string of the molecule is CCCN(C)C(=O)n1ccnc1.O=C(O)C(=O)O. The van der Waals surface area contributed by atoms with E-state index in [1.807, 2.05) is 6.92 Å². The predicted octanol–water partition coefficient (Wildman–Crippen LogP) is 0.349. The maximum Gasteiger partial charge on any atom is 0.414 e. The number of carboxylic acids is 2. The Balaban J connectivity index is 0.000000411. The second-order valence-electron chi connectivity index (χ2n) is 3.28. The fraction of sp³-hybridized carbons (Fsp3) is 0.400. The van der Waals surface area contributed by atoms with Crippen molar-refractivity contribution in [3.63, 3.8) is 0 Å². The molecule has 0 atom stereocenters. The number of hydrogen-bond donors (Lipinski definition) is 2. The first-order valence-corrected chi connectivity index (χ1v) is 5.09. The molecule has 8 heteroatoms. The second-order valence-corrected chi connectivity index (χ2v) is 3.28. The highest BCUT2D eigenvalue weighted by Gasteiger charge is 2.07. The Morgan fingerprint density at radius 2 is 1.83 bits per heavy atom. The third-order valence-electron chi connectivity index (χ3n) is 1.79. The summed E-state index contributed by atoms with van der Waals surface area (Å²) >= 11 is 0. The summed E-state index contributed by atoms with van der Waals surface area (Å²) in [5.74, 6) is -3.65. The first kappa shape index (κ1) is 15.6. The van der Waals surface area contributed by atoms with Gasteiger partial charge in [0, 0.05) is 26.0 Å². The molecule has 18 heavy (non-hydrogen) atoms. The summed E-state index contributed by atoms with van der Waals surface area (Å²) < 4.78 is 1.47. The van der Waals surface area contributed by atoms with Gasteiger partial charge in [0.05, 0.1) is 0 Å². The zero-order valence-corrected chi connectivity index (χ0v) is 10.1. The van der Waals surface area contributed by atoms with Crippen molar-refractivity contribution in [1.29, 1.82) is 0 Å². The normalized spacial score (nSPS) is 9.00. The van der Waals surface area contributed by atoms with E-state index in [1.54, 1.807) is 24.3 Å². The molecule has 2 N–H and O–H groups in total. The third kappa shape index (κ3) is 5.64. The van der Waals surface area contributed by atoms with E-state index >= 15 is 0 Å². The Hall–Kier alpha value is -2.38. The molecule has 1 amide bonds. The van der Waals surface area contributed by atoms with E-state index in [1.165, 1.54) is 10.9 Å². The second kappa shape index (κ2) is 7.82. The average Bonchev–Trinajstić information content (AvgIpc) is 2.82. The Morgan fingerprint density at radius 3 is 2.17 bits per heavy atom. The number of rotatable bonds is 2. The van der Waals surface area contributed by atoms with Crippen LogP contribution in [0.4, 0.5) is 4.79 Å². The lowest BCUT2D eigenvalue weighted by Gasteiger charge is -2.15. The molecule has 0 saturated carbocycles. The Labute approximate surface area is 103 Å². The van der Waals surface area contributed by atoms with E-state index in [0.717, 1.165) is 13.0 Å². The van der Waals surface area contributed by atoms with Crippen molar-refractivity contribution in [3.8, 4) is 0 Å². The third-order valence-corrected chi connectivity index (χ3v) is 1.79. The van der Waals surface area contributed by atoms with Crippen LogP contribution >= 0.6 is 0 Å². The van der Waals surface area contributed by atoms with Gasteiger partial charge in [0.1, 0.15) is 6.33 Å². The molecular weight excluding hydrogens is 242 g/mol. The van der Waals surface area contributed by atoms with Crippen molar-refractivity contribution < 1.29 is 24.6 Å².